The molecule has 0 spiro atoms. The van der Waals surface area contributed by atoms with E-state index in [1.54, 1.807) is 6.20 Å². The first-order valence-corrected chi connectivity index (χ1v) is 7.29. The van der Waals surface area contributed by atoms with E-state index in [-0.39, 0.29) is 0 Å². The van der Waals surface area contributed by atoms with Crippen LogP contribution in [0.5, 0.6) is 0 Å². The average Bonchev–Trinajstić information content (AvgIpc) is 2.94. The Balaban J connectivity index is 1.91. The molecule has 5 heteroatoms. The summed E-state index contributed by atoms with van der Waals surface area (Å²) in [5.74, 6) is 0. The molecular formula is C16H13BrN4. The molecule has 0 fully saturated rings. The number of azo groups is 1. The normalized spacial score (nSPS) is 11.1. The lowest BCUT2D eigenvalue weighted by Crippen LogP contribution is -1.78. The number of H-pyrrole nitrogens is 1. The van der Waals surface area contributed by atoms with E-state index in [0.717, 1.165) is 32.7 Å². The minimum Gasteiger partial charge on any atom is -0.275 e. The fourth-order valence-electron chi connectivity index (χ4n) is 1.99. The first-order valence-electron chi connectivity index (χ1n) is 6.50. The molecule has 1 aromatic heterocycles. The lowest BCUT2D eigenvalue weighted by atomic mass is 10.1. The van der Waals surface area contributed by atoms with Crippen LogP contribution in [0.1, 0.15) is 5.56 Å². The number of hydrogen-bond donors (Lipinski definition) is 1. The van der Waals surface area contributed by atoms with Crippen LogP contribution in [0.4, 0.5) is 11.4 Å². The highest BCUT2D eigenvalue weighted by Crippen LogP contribution is 2.30. The third-order valence-corrected chi connectivity index (χ3v) is 3.56. The molecular weight excluding hydrogens is 328 g/mol. The van der Waals surface area contributed by atoms with Crippen LogP contribution in [0.25, 0.3) is 11.3 Å². The van der Waals surface area contributed by atoms with E-state index in [1.165, 1.54) is 0 Å². The number of nitrogens with zero attached hydrogens (tertiary/aromatic N) is 3. The van der Waals surface area contributed by atoms with Crippen LogP contribution in [-0.4, -0.2) is 10.2 Å². The summed E-state index contributed by atoms with van der Waals surface area (Å²) >= 11 is 3.43. The quantitative estimate of drug-likeness (QED) is 0.623. The average molecular weight is 341 g/mol. The topological polar surface area (TPSA) is 53.4 Å². The Morgan fingerprint density at radius 2 is 1.86 bits per heavy atom. The molecule has 0 bridgehead atoms. The second kappa shape index (κ2) is 6.01. The molecule has 1 heterocycles. The van der Waals surface area contributed by atoms with Gasteiger partial charge in [-0.05, 0) is 36.8 Å². The minimum absolute atomic E-state index is 0.721. The zero-order valence-electron chi connectivity index (χ0n) is 11.4. The van der Waals surface area contributed by atoms with Crippen LogP contribution in [-0.2, 0) is 0 Å². The van der Waals surface area contributed by atoms with Gasteiger partial charge in [0.25, 0.3) is 0 Å². The Bertz CT molecular complexity index is 775. The van der Waals surface area contributed by atoms with Crippen molar-refractivity contribution in [2.24, 2.45) is 10.2 Å². The van der Waals surface area contributed by atoms with Gasteiger partial charge in [-0.1, -0.05) is 40.2 Å². The summed E-state index contributed by atoms with van der Waals surface area (Å²) in [5.41, 5.74) is 4.59. The molecule has 3 rings (SSSR count). The van der Waals surface area contributed by atoms with Gasteiger partial charge < -0.3 is 0 Å². The highest BCUT2D eigenvalue weighted by atomic mass is 79.9. The first-order chi connectivity index (χ1) is 10.2. The first kappa shape index (κ1) is 13.7. The predicted octanol–water partition coefficient (Wildman–Crippen LogP) is 5.56. The Labute approximate surface area is 131 Å². The van der Waals surface area contributed by atoms with Crippen LogP contribution in [0.3, 0.4) is 0 Å². The molecule has 0 amide bonds. The van der Waals surface area contributed by atoms with Crippen LogP contribution < -0.4 is 0 Å². The predicted molar refractivity (Wildman–Crippen MR) is 87.1 cm³/mol. The molecule has 0 aliphatic heterocycles. The Morgan fingerprint density at radius 3 is 2.62 bits per heavy atom. The molecule has 0 unspecified atom stereocenters. The molecule has 2 aromatic carbocycles. The summed E-state index contributed by atoms with van der Waals surface area (Å²) in [6.07, 6.45) is 1.68. The molecule has 21 heavy (non-hydrogen) atoms. The number of aromatic amines is 1. The van der Waals surface area contributed by atoms with E-state index in [2.05, 4.69) is 36.4 Å². The summed E-state index contributed by atoms with van der Waals surface area (Å²) < 4.78 is 1.04. The number of hydrogen-bond acceptors (Lipinski definition) is 3. The molecule has 104 valence electrons. The lowest BCUT2D eigenvalue weighted by Gasteiger charge is -1.99. The maximum atomic E-state index is 4.30. The summed E-state index contributed by atoms with van der Waals surface area (Å²) in [7, 11) is 0. The molecule has 0 aliphatic rings. The monoisotopic (exact) mass is 340 g/mol. The molecule has 0 saturated carbocycles. The molecule has 0 radical (unpaired) electrons. The number of benzene rings is 2. The van der Waals surface area contributed by atoms with Gasteiger partial charge >= 0.3 is 0 Å². The number of halogens is 1. The number of rotatable bonds is 3. The van der Waals surface area contributed by atoms with Crippen LogP contribution in [0, 0.1) is 6.92 Å². The number of aryl methyl sites for hydroxylation is 1. The van der Waals surface area contributed by atoms with Gasteiger partial charge in [-0.2, -0.15) is 10.2 Å². The van der Waals surface area contributed by atoms with E-state index in [1.807, 2.05) is 55.5 Å². The molecule has 4 nitrogen and oxygen atoms in total. The molecule has 0 saturated heterocycles. The zero-order valence-corrected chi connectivity index (χ0v) is 13.0. The summed E-state index contributed by atoms with van der Waals surface area (Å²) in [5, 5.41) is 15.6. The smallest absolute Gasteiger partial charge is 0.131 e. The van der Waals surface area contributed by atoms with Crippen LogP contribution in [0.2, 0.25) is 0 Å². The van der Waals surface area contributed by atoms with Crippen molar-refractivity contribution in [3.63, 3.8) is 0 Å². The molecule has 0 atom stereocenters. The van der Waals surface area contributed by atoms with Crippen molar-refractivity contribution in [3.05, 3.63) is 64.8 Å². The summed E-state index contributed by atoms with van der Waals surface area (Å²) in [4.78, 5) is 0. The molecule has 1 N–H and O–H groups in total. The number of aromatic nitrogens is 2. The van der Waals surface area contributed by atoms with Crippen molar-refractivity contribution in [1.29, 1.82) is 0 Å². The van der Waals surface area contributed by atoms with Gasteiger partial charge in [0.05, 0.1) is 17.6 Å². The van der Waals surface area contributed by atoms with Gasteiger partial charge in [0.1, 0.15) is 5.69 Å². The zero-order chi connectivity index (χ0) is 14.7. The fourth-order valence-corrected chi connectivity index (χ4v) is 2.25. The molecule has 0 aliphatic carbocycles. The molecule has 3 aromatic rings. The standard InChI is InChI=1S/C16H13BrN4/c1-11-3-2-4-14(9-11)19-20-15-10-18-21-16(15)12-5-7-13(17)8-6-12/h2-10H,1H3,(H,18,21). The second-order valence-electron chi connectivity index (χ2n) is 4.68. The highest BCUT2D eigenvalue weighted by Gasteiger charge is 2.07. The highest BCUT2D eigenvalue weighted by molar-refractivity contribution is 9.10. The Kier molecular flexibility index (Phi) is 3.92. The lowest BCUT2D eigenvalue weighted by molar-refractivity contribution is 1.10. The van der Waals surface area contributed by atoms with Gasteiger partial charge in [0, 0.05) is 10.0 Å². The van der Waals surface area contributed by atoms with Gasteiger partial charge in [-0.3, -0.25) is 5.10 Å². The maximum absolute atomic E-state index is 4.30. The third-order valence-electron chi connectivity index (χ3n) is 3.03. The number of nitrogens with one attached hydrogen (secondary N) is 1. The summed E-state index contributed by atoms with van der Waals surface area (Å²) in [6.45, 7) is 2.03. The van der Waals surface area contributed by atoms with Gasteiger partial charge in [0.2, 0.25) is 0 Å². The van der Waals surface area contributed by atoms with E-state index in [9.17, 15) is 0 Å². The minimum atomic E-state index is 0.721. The van der Waals surface area contributed by atoms with E-state index in [0.29, 0.717) is 0 Å². The van der Waals surface area contributed by atoms with Gasteiger partial charge in [-0.15, -0.1) is 5.11 Å². The van der Waals surface area contributed by atoms with Gasteiger partial charge in [0.15, 0.2) is 0 Å². The van der Waals surface area contributed by atoms with E-state index >= 15 is 0 Å². The SMILES string of the molecule is Cc1cccc(N=Nc2cn[nH]c2-c2ccc(Br)cc2)c1. The van der Waals surface area contributed by atoms with Gasteiger partial charge in [-0.25, -0.2) is 0 Å². The maximum Gasteiger partial charge on any atom is 0.131 e. The Morgan fingerprint density at radius 1 is 1.05 bits per heavy atom. The van der Waals surface area contributed by atoms with Crippen molar-refractivity contribution < 1.29 is 0 Å². The third kappa shape index (κ3) is 3.25. The van der Waals surface area contributed by atoms with Crippen molar-refractivity contribution in [2.75, 3.05) is 0 Å². The van der Waals surface area contributed by atoms with Crippen molar-refractivity contribution in [2.45, 2.75) is 6.92 Å². The summed E-state index contributed by atoms with van der Waals surface area (Å²) in [6, 6.07) is 15.9. The van der Waals surface area contributed by atoms with E-state index in [4.69, 9.17) is 0 Å². The van der Waals surface area contributed by atoms with Crippen molar-refractivity contribution in [3.8, 4) is 11.3 Å². The fraction of sp³-hybridized carbons (Fsp3) is 0.0625. The van der Waals surface area contributed by atoms with E-state index < -0.39 is 0 Å². The van der Waals surface area contributed by atoms with Crippen LogP contribution >= 0.6 is 15.9 Å². The largest absolute Gasteiger partial charge is 0.275 e. The van der Waals surface area contributed by atoms with Crippen molar-refractivity contribution >= 4 is 27.3 Å². The Hall–Kier alpha value is -2.27. The second-order valence-corrected chi connectivity index (χ2v) is 5.59. The van der Waals surface area contributed by atoms with Crippen molar-refractivity contribution in [1.82, 2.24) is 10.2 Å². The van der Waals surface area contributed by atoms with Crippen LogP contribution in [0.15, 0.2) is 69.4 Å².